The number of hydrogen-bond acceptors (Lipinski definition) is 4. The Balaban J connectivity index is 1.67. The van der Waals surface area contributed by atoms with Crippen LogP contribution >= 0.6 is 0 Å². The molecule has 0 aliphatic carbocycles. The summed E-state index contributed by atoms with van der Waals surface area (Å²) >= 11 is 0. The van der Waals surface area contributed by atoms with Gasteiger partial charge in [-0.15, -0.1) is 0 Å². The molecule has 8 heteroatoms. The quantitative estimate of drug-likeness (QED) is 0.721. The van der Waals surface area contributed by atoms with Crippen molar-refractivity contribution in [2.24, 2.45) is 0 Å². The molecule has 0 saturated carbocycles. The monoisotopic (exact) mass is 358 g/mol. The number of fused-ring (bicyclic) bond motifs is 1. The van der Waals surface area contributed by atoms with Crippen molar-refractivity contribution in [1.82, 2.24) is 19.6 Å². The van der Waals surface area contributed by atoms with E-state index in [1.54, 1.807) is 55.1 Å². The van der Waals surface area contributed by atoms with Crippen LogP contribution in [0.4, 0.5) is 4.79 Å². The lowest BCUT2D eigenvalue weighted by atomic mass is 10.1. The van der Waals surface area contributed by atoms with E-state index in [-0.39, 0.29) is 11.9 Å². The third-order valence-electron chi connectivity index (χ3n) is 4.81. The Kier molecular flexibility index (Phi) is 4.67. The number of imide groups is 1. The maximum absolute atomic E-state index is 12.8. The molecule has 2 aliphatic heterocycles. The number of hydrogen-bond donors (Lipinski definition) is 0. The van der Waals surface area contributed by atoms with Gasteiger partial charge in [-0.2, -0.15) is 0 Å². The molecule has 0 aromatic heterocycles. The average molecular weight is 358 g/mol. The number of nitrogens with zero attached hydrogens (tertiary/aromatic N) is 4. The number of benzene rings is 1. The van der Waals surface area contributed by atoms with Crippen molar-refractivity contribution in [1.29, 1.82) is 0 Å². The van der Waals surface area contributed by atoms with E-state index < -0.39 is 17.9 Å². The predicted molar refractivity (Wildman–Crippen MR) is 93.6 cm³/mol. The molecule has 0 bridgehead atoms. The maximum Gasteiger partial charge on any atom is 0.319 e. The van der Waals surface area contributed by atoms with Crippen LogP contribution in [0.25, 0.3) is 0 Å². The summed E-state index contributed by atoms with van der Waals surface area (Å²) in [5.41, 5.74) is 0.664. The van der Waals surface area contributed by atoms with Crippen LogP contribution < -0.4 is 0 Å². The van der Waals surface area contributed by atoms with Gasteiger partial charge in [0.2, 0.25) is 5.91 Å². The molecule has 138 valence electrons. The minimum Gasteiger partial charge on any atom is -0.337 e. The van der Waals surface area contributed by atoms with Crippen molar-refractivity contribution in [3.05, 3.63) is 35.4 Å². The molecular weight excluding hydrogens is 336 g/mol. The molecule has 1 atom stereocenters. The summed E-state index contributed by atoms with van der Waals surface area (Å²) in [6.07, 6.45) is 0. The van der Waals surface area contributed by atoms with Crippen LogP contribution in [0, 0.1) is 0 Å². The Bertz CT molecular complexity index is 733. The number of piperazine rings is 1. The molecule has 8 nitrogen and oxygen atoms in total. The number of carbonyl (C=O) groups is 4. The van der Waals surface area contributed by atoms with Gasteiger partial charge in [-0.25, -0.2) is 4.79 Å². The fraction of sp³-hybridized carbons (Fsp3) is 0.444. The summed E-state index contributed by atoms with van der Waals surface area (Å²) in [6, 6.07) is 5.61. The highest BCUT2D eigenvalue weighted by molar-refractivity contribution is 6.22. The summed E-state index contributed by atoms with van der Waals surface area (Å²) in [5.74, 6) is -1.16. The molecule has 2 aliphatic rings. The maximum atomic E-state index is 12.8. The van der Waals surface area contributed by atoms with Crippen LogP contribution in [0.2, 0.25) is 0 Å². The van der Waals surface area contributed by atoms with Gasteiger partial charge >= 0.3 is 6.03 Å². The normalized spacial score (nSPS) is 18.0. The van der Waals surface area contributed by atoms with E-state index >= 15 is 0 Å². The molecule has 1 fully saturated rings. The first kappa shape index (κ1) is 17.9. The van der Waals surface area contributed by atoms with E-state index in [1.807, 2.05) is 0 Å². The van der Waals surface area contributed by atoms with Crippen LogP contribution in [-0.2, 0) is 4.79 Å². The van der Waals surface area contributed by atoms with Crippen molar-refractivity contribution in [2.75, 3.05) is 40.3 Å². The van der Waals surface area contributed by atoms with E-state index in [1.165, 1.54) is 4.90 Å². The molecule has 26 heavy (non-hydrogen) atoms. The van der Waals surface area contributed by atoms with Crippen molar-refractivity contribution in [3.63, 3.8) is 0 Å². The first-order valence-corrected chi connectivity index (χ1v) is 8.55. The molecular formula is C18H22N4O4. The van der Waals surface area contributed by atoms with Crippen LogP contribution in [0.15, 0.2) is 24.3 Å². The molecule has 2 heterocycles. The molecule has 5 amide bonds. The van der Waals surface area contributed by atoms with E-state index in [4.69, 9.17) is 0 Å². The first-order valence-electron chi connectivity index (χ1n) is 8.55. The molecule has 1 saturated heterocycles. The molecule has 0 N–H and O–H groups in total. The third kappa shape index (κ3) is 2.91. The predicted octanol–water partition coefficient (Wildman–Crippen LogP) is 0.497. The molecule has 3 rings (SSSR count). The second-order valence-electron chi connectivity index (χ2n) is 6.69. The highest BCUT2D eigenvalue weighted by Crippen LogP contribution is 2.25. The second-order valence-corrected chi connectivity index (χ2v) is 6.69. The van der Waals surface area contributed by atoms with Crippen molar-refractivity contribution < 1.29 is 19.2 Å². The number of carbonyl (C=O) groups excluding carboxylic acids is 4. The van der Waals surface area contributed by atoms with E-state index in [9.17, 15) is 19.2 Å². The summed E-state index contributed by atoms with van der Waals surface area (Å²) in [7, 11) is 3.37. The zero-order valence-corrected chi connectivity index (χ0v) is 15.1. The van der Waals surface area contributed by atoms with Gasteiger partial charge in [-0.3, -0.25) is 19.3 Å². The van der Waals surface area contributed by atoms with Gasteiger partial charge < -0.3 is 14.7 Å². The molecule has 1 aromatic rings. The number of urea groups is 1. The second kappa shape index (κ2) is 6.78. The van der Waals surface area contributed by atoms with Crippen molar-refractivity contribution >= 4 is 23.8 Å². The minimum absolute atomic E-state index is 0.0921. The van der Waals surface area contributed by atoms with Gasteiger partial charge in [0.05, 0.1) is 11.1 Å². The Hall–Kier alpha value is -2.90. The SMILES string of the molecule is CC(C(=O)N1CCN(C(=O)N(C)C)CC1)N1C(=O)c2ccccc2C1=O. The van der Waals surface area contributed by atoms with Gasteiger partial charge in [0.25, 0.3) is 11.8 Å². The van der Waals surface area contributed by atoms with Gasteiger partial charge in [0.1, 0.15) is 6.04 Å². The summed E-state index contributed by atoms with van der Waals surface area (Å²) < 4.78 is 0. The fourth-order valence-corrected chi connectivity index (χ4v) is 3.34. The molecule has 1 unspecified atom stereocenters. The van der Waals surface area contributed by atoms with E-state index in [0.717, 1.165) is 4.90 Å². The van der Waals surface area contributed by atoms with Crippen LogP contribution in [0.5, 0.6) is 0 Å². The third-order valence-corrected chi connectivity index (χ3v) is 4.81. The summed E-state index contributed by atoms with van der Waals surface area (Å²) in [6.45, 7) is 3.19. The highest BCUT2D eigenvalue weighted by Gasteiger charge is 2.42. The summed E-state index contributed by atoms with van der Waals surface area (Å²) in [5, 5.41) is 0. The number of amides is 5. The van der Waals surface area contributed by atoms with Gasteiger partial charge in [0.15, 0.2) is 0 Å². The smallest absolute Gasteiger partial charge is 0.319 e. The van der Waals surface area contributed by atoms with Gasteiger partial charge in [0, 0.05) is 40.3 Å². The lowest BCUT2D eigenvalue weighted by molar-refractivity contribution is -0.136. The van der Waals surface area contributed by atoms with Crippen molar-refractivity contribution in [2.45, 2.75) is 13.0 Å². The largest absolute Gasteiger partial charge is 0.337 e. The van der Waals surface area contributed by atoms with Crippen LogP contribution in [-0.4, -0.2) is 89.7 Å². The molecule has 0 radical (unpaired) electrons. The lowest BCUT2D eigenvalue weighted by Gasteiger charge is -2.37. The molecule has 1 aromatic carbocycles. The van der Waals surface area contributed by atoms with Crippen LogP contribution in [0.1, 0.15) is 27.6 Å². The van der Waals surface area contributed by atoms with Crippen molar-refractivity contribution in [3.8, 4) is 0 Å². The summed E-state index contributed by atoms with van der Waals surface area (Å²) in [4.78, 5) is 55.7. The Morgan fingerprint density at radius 1 is 0.923 bits per heavy atom. The van der Waals surface area contributed by atoms with E-state index in [0.29, 0.717) is 37.3 Å². The number of rotatable bonds is 2. The average Bonchev–Trinajstić information content (AvgIpc) is 2.91. The Morgan fingerprint density at radius 3 is 1.85 bits per heavy atom. The molecule has 0 spiro atoms. The Labute approximate surface area is 151 Å². The topological polar surface area (TPSA) is 81.2 Å². The highest BCUT2D eigenvalue weighted by atomic mass is 16.2. The zero-order chi connectivity index (χ0) is 19.0. The zero-order valence-electron chi connectivity index (χ0n) is 15.1. The standard InChI is InChI=1S/C18H22N4O4/c1-12(22-16(24)13-6-4-5-7-14(13)17(22)25)15(23)20-8-10-21(11-9-20)18(26)19(2)3/h4-7,12H,8-11H2,1-3H3. The Morgan fingerprint density at radius 2 is 1.38 bits per heavy atom. The van der Waals surface area contributed by atoms with Gasteiger partial charge in [-0.1, -0.05) is 12.1 Å². The fourth-order valence-electron chi connectivity index (χ4n) is 3.34. The lowest BCUT2D eigenvalue weighted by Crippen LogP contribution is -2.57. The van der Waals surface area contributed by atoms with Crippen LogP contribution in [0.3, 0.4) is 0 Å². The minimum atomic E-state index is -0.876. The van der Waals surface area contributed by atoms with Gasteiger partial charge in [-0.05, 0) is 19.1 Å². The first-order chi connectivity index (χ1) is 12.3. The van der Waals surface area contributed by atoms with E-state index in [2.05, 4.69) is 0 Å².